The maximum atomic E-state index is 12.3. The maximum Gasteiger partial charge on any atom is 0.259 e. The number of imidazole rings is 1. The van der Waals surface area contributed by atoms with E-state index in [-0.39, 0.29) is 5.91 Å². The number of nitrogens with one attached hydrogen (secondary N) is 2. The lowest BCUT2D eigenvalue weighted by atomic mass is 10.1. The lowest BCUT2D eigenvalue weighted by molar-refractivity contribution is 0.102. The number of amides is 1. The van der Waals surface area contributed by atoms with Gasteiger partial charge in [0, 0.05) is 28.4 Å². The summed E-state index contributed by atoms with van der Waals surface area (Å²) in [5, 5.41) is 5.96. The molecule has 0 radical (unpaired) electrons. The topological polar surface area (TPSA) is 96.7 Å². The van der Waals surface area contributed by atoms with Crippen LogP contribution < -0.4 is 11.1 Å². The van der Waals surface area contributed by atoms with Gasteiger partial charge in [-0.3, -0.25) is 10.1 Å². The van der Waals surface area contributed by atoms with Crippen LogP contribution in [0.1, 0.15) is 16.1 Å². The van der Waals surface area contributed by atoms with Crippen molar-refractivity contribution in [3.8, 4) is 0 Å². The standard InChI is InChI=1S/C14H13N5OS2/c1-8-7-21-14(18-8)19-12(20)10-6-9(2-3-11(10)15)22-13-16-4-5-17-13/h2-7H,15H2,1H3,(H,16,17)(H,18,19,20). The van der Waals surface area contributed by atoms with E-state index in [1.807, 2.05) is 18.4 Å². The van der Waals surface area contributed by atoms with E-state index >= 15 is 0 Å². The fourth-order valence-corrected chi connectivity index (χ4v) is 3.25. The molecule has 0 fully saturated rings. The molecule has 1 aromatic carbocycles. The molecule has 6 nitrogen and oxygen atoms in total. The molecule has 0 aliphatic carbocycles. The summed E-state index contributed by atoms with van der Waals surface area (Å²) in [4.78, 5) is 24.6. The number of aromatic nitrogens is 3. The fraction of sp³-hybridized carbons (Fsp3) is 0.0714. The Morgan fingerprint density at radius 1 is 1.45 bits per heavy atom. The number of nitrogens with zero attached hydrogens (tertiary/aromatic N) is 2. The largest absolute Gasteiger partial charge is 0.398 e. The molecule has 0 aliphatic rings. The summed E-state index contributed by atoms with van der Waals surface area (Å²) < 4.78 is 0. The summed E-state index contributed by atoms with van der Waals surface area (Å²) in [6.07, 6.45) is 3.43. The Hall–Kier alpha value is -2.32. The van der Waals surface area contributed by atoms with Crippen LogP contribution in [0.4, 0.5) is 10.8 Å². The first kappa shape index (κ1) is 14.6. The third kappa shape index (κ3) is 3.29. The summed E-state index contributed by atoms with van der Waals surface area (Å²) in [6.45, 7) is 1.88. The molecule has 0 aliphatic heterocycles. The van der Waals surface area contributed by atoms with Gasteiger partial charge in [0.2, 0.25) is 0 Å². The Bertz CT molecular complexity index is 797. The van der Waals surface area contributed by atoms with E-state index < -0.39 is 0 Å². The van der Waals surface area contributed by atoms with E-state index in [2.05, 4.69) is 20.3 Å². The number of anilines is 2. The summed E-state index contributed by atoms with van der Waals surface area (Å²) in [5.74, 6) is -0.270. The number of nitrogen functional groups attached to an aromatic ring is 1. The van der Waals surface area contributed by atoms with Crippen LogP contribution >= 0.6 is 23.1 Å². The average Bonchev–Trinajstić information content (AvgIpc) is 3.13. The molecule has 3 rings (SSSR count). The Kier molecular flexibility index (Phi) is 4.12. The number of carbonyl (C=O) groups excluding carboxylic acids is 1. The molecule has 0 spiro atoms. The van der Waals surface area contributed by atoms with E-state index in [4.69, 9.17) is 5.73 Å². The minimum absolute atomic E-state index is 0.270. The van der Waals surface area contributed by atoms with E-state index in [9.17, 15) is 4.79 Å². The van der Waals surface area contributed by atoms with Gasteiger partial charge in [0.05, 0.1) is 11.3 Å². The first-order chi connectivity index (χ1) is 10.6. The number of aromatic amines is 1. The molecule has 4 N–H and O–H groups in total. The number of hydrogen-bond donors (Lipinski definition) is 3. The van der Waals surface area contributed by atoms with Crippen LogP contribution in [0.15, 0.2) is 46.0 Å². The SMILES string of the molecule is Cc1csc(NC(=O)c2cc(Sc3ncc[nH]3)ccc2N)n1. The van der Waals surface area contributed by atoms with Crippen molar-refractivity contribution >= 4 is 39.8 Å². The molecule has 22 heavy (non-hydrogen) atoms. The number of hydrogen-bond acceptors (Lipinski definition) is 6. The third-order valence-electron chi connectivity index (χ3n) is 2.80. The molecule has 8 heteroatoms. The summed E-state index contributed by atoms with van der Waals surface area (Å²) in [7, 11) is 0. The molecular weight excluding hydrogens is 318 g/mol. The Morgan fingerprint density at radius 3 is 3.00 bits per heavy atom. The smallest absolute Gasteiger partial charge is 0.259 e. The zero-order valence-corrected chi connectivity index (χ0v) is 13.3. The second-order valence-corrected chi connectivity index (χ2v) is 6.41. The molecule has 2 heterocycles. The van der Waals surface area contributed by atoms with Gasteiger partial charge in [0.15, 0.2) is 10.3 Å². The number of H-pyrrole nitrogens is 1. The predicted octanol–water partition coefficient (Wildman–Crippen LogP) is 3.16. The molecular formula is C14H13N5OS2. The Morgan fingerprint density at radius 2 is 2.32 bits per heavy atom. The molecule has 3 aromatic rings. The van der Waals surface area contributed by atoms with Crippen LogP contribution in [0.25, 0.3) is 0 Å². The van der Waals surface area contributed by atoms with Crippen molar-refractivity contribution in [2.45, 2.75) is 17.0 Å². The van der Waals surface area contributed by atoms with E-state index in [1.54, 1.807) is 24.5 Å². The summed E-state index contributed by atoms with van der Waals surface area (Å²) >= 11 is 2.81. The van der Waals surface area contributed by atoms with Crippen molar-refractivity contribution in [2.24, 2.45) is 0 Å². The van der Waals surface area contributed by atoms with Crippen molar-refractivity contribution in [3.05, 3.63) is 47.2 Å². The van der Waals surface area contributed by atoms with Gasteiger partial charge < -0.3 is 10.7 Å². The van der Waals surface area contributed by atoms with E-state index in [0.717, 1.165) is 15.7 Å². The zero-order chi connectivity index (χ0) is 15.5. The van der Waals surface area contributed by atoms with Gasteiger partial charge in [-0.1, -0.05) is 11.8 Å². The van der Waals surface area contributed by atoms with E-state index in [0.29, 0.717) is 16.4 Å². The zero-order valence-electron chi connectivity index (χ0n) is 11.7. The highest BCUT2D eigenvalue weighted by molar-refractivity contribution is 7.99. The van der Waals surface area contributed by atoms with Crippen molar-refractivity contribution in [3.63, 3.8) is 0 Å². The highest BCUT2D eigenvalue weighted by Gasteiger charge is 2.13. The van der Waals surface area contributed by atoms with Gasteiger partial charge in [-0.15, -0.1) is 11.3 Å². The van der Waals surface area contributed by atoms with Crippen LogP contribution in [0, 0.1) is 6.92 Å². The fourth-order valence-electron chi connectivity index (χ4n) is 1.79. The lowest BCUT2D eigenvalue weighted by Gasteiger charge is -2.07. The van der Waals surface area contributed by atoms with Gasteiger partial charge in [-0.2, -0.15) is 0 Å². The van der Waals surface area contributed by atoms with Gasteiger partial charge >= 0.3 is 0 Å². The maximum absolute atomic E-state index is 12.3. The Balaban J connectivity index is 1.81. The number of benzene rings is 1. The molecule has 2 aromatic heterocycles. The van der Waals surface area contributed by atoms with Crippen LogP contribution in [-0.2, 0) is 0 Å². The first-order valence-electron chi connectivity index (χ1n) is 6.42. The average molecular weight is 331 g/mol. The van der Waals surface area contributed by atoms with Gasteiger partial charge in [-0.25, -0.2) is 9.97 Å². The molecule has 0 unspecified atom stereocenters. The molecule has 1 amide bonds. The minimum atomic E-state index is -0.270. The molecule has 112 valence electrons. The first-order valence-corrected chi connectivity index (χ1v) is 8.11. The monoisotopic (exact) mass is 331 g/mol. The van der Waals surface area contributed by atoms with Crippen LogP contribution in [-0.4, -0.2) is 20.9 Å². The second kappa shape index (κ2) is 6.20. The van der Waals surface area contributed by atoms with Crippen LogP contribution in [0.5, 0.6) is 0 Å². The Labute approximate surface area is 135 Å². The van der Waals surface area contributed by atoms with Crippen molar-refractivity contribution in [1.82, 2.24) is 15.0 Å². The van der Waals surface area contributed by atoms with Crippen molar-refractivity contribution in [1.29, 1.82) is 0 Å². The van der Waals surface area contributed by atoms with Crippen LogP contribution in [0.3, 0.4) is 0 Å². The number of nitrogens with two attached hydrogens (primary N) is 1. The van der Waals surface area contributed by atoms with Crippen molar-refractivity contribution < 1.29 is 4.79 Å². The van der Waals surface area contributed by atoms with Crippen LogP contribution in [0.2, 0.25) is 0 Å². The number of aryl methyl sites for hydroxylation is 1. The number of thiazole rings is 1. The van der Waals surface area contributed by atoms with E-state index in [1.165, 1.54) is 23.1 Å². The molecule has 0 atom stereocenters. The summed E-state index contributed by atoms with van der Waals surface area (Å²) in [6, 6.07) is 5.32. The second-order valence-electron chi connectivity index (χ2n) is 4.49. The normalized spacial score (nSPS) is 10.6. The van der Waals surface area contributed by atoms with Gasteiger partial charge in [0.25, 0.3) is 5.91 Å². The number of carbonyl (C=O) groups is 1. The molecule has 0 saturated heterocycles. The highest BCUT2D eigenvalue weighted by atomic mass is 32.2. The minimum Gasteiger partial charge on any atom is -0.398 e. The third-order valence-corrected chi connectivity index (χ3v) is 4.58. The van der Waals surface area contributed by atoms with Crippen molar-refractivity contribution in [2.75, 3.05) is 11.1 Å². The number of rotatable bonds is 4. The molecule has 0 bridgehead atoms. The lowest BCUT2D eigenvalue weighted by Crippen LogP contribution is -2.14. The predicted molar refractivity (Wildman–Crippen MR) is 88.4 cm³/mol. The quantitative estimate of drug-likeness (QED) is 0.638. The van der Waals surface area contributed by atoms with Gasteiger partial charge in [0.1, 0.15) is 0 Å². The summed E-state index contributed by atoms with van der Waals surface area (Å²) in [5.41, 5.74) is 7.63. The molecule has 0 saturated carbocycles. The highest BCUT2D eigenvalue weighted by Crippen LogP contribution is 2.28. The van der Waals surface area contributed by atoms with Gasteiger partial charge in [-0.05, 0) is 25.1 Å².